The lowest BCUT2D eigenvalue weighted by molar-refractivity contribution is 0.0874. The first-order valence-electron chi connectivity index (χ1n) is 8.45. The van der Waals surface area contributed by atoms with E-state index < -0.39 is 0 Å². The van der Waals surface area contributed by atoms with Gasteiger partial charge in [0.05, 0.1) is 0 Å². The largest absolute Gasteiger partial charge is 0.314 e. The molecule has 2 rings (SSSR count). The van der Waals surface area contributed by atoms with Crippen molar-refractivity contribution in [3.8, 4) is 0 Å². The lowest BCUT2D eigenvalue weighted by Gasteiger charge is -2.42. The summed E-state index contributed by atoms with van der Waals surface area (Å²) in [5, 5.41) is 3.42. The van der Waals surface area contributed by atoms with E-state index in [2.05, 4.69) is 37.9 Å². The fourth-order valence-electron chi connectivity index (χ4n) is 3.78. The van der Waals surface area contributed by atoms with Crippen molar-refractivity contribution in [1.82, 2.24) is 10.2 Å². The normalized spacial score (nSPS) is 29.5. The molecule has 0 bridgehead atoms. The van der Waals surface area contributed by atoms with Crippen molar-refractivity contribution >= 4 is 0 Å². The van der Waals surface area contributed by atoms with Gasteiger partial charge in [0.2, 0.25) is 0 Å². The minimum absolute atomic E-state index is 0.520. The highest BCUT2D eigenvalue weighted by atomic mass is 15.2. The molecule has 0 aromatic carbocycles. The van der Waals surface area contributed by atoms with Gasteiger partial charge in [0.1, 0.15) is 0 Å². The van der Waals surface area contributed by atoms with Crippen LogP contribution in [0.25, 0.3) is 0 Å². The minimum Gasteiger partial charge on any atom is -0.314 e. The van der Waals surface area contributed by atoms with Crippen LogP contribution in [0, 0.1) is 17.3 Å². The highest BCUT2D eigenvalue weighted by molar-refractivity contribution is 4.87. The van der Waals surface area contributed by atoms with E-state index in [4.69, 9.17) is 0 Å². The zero-order valence-electron chi connectivity index (χ0n) is 13.5. The molecule has 0 spiro atoms. The van der Waals surface area contributed by atoms with E-state index in [1.165, 1.54) is 58.3 Å². The third-order valence-electron chi connectivity index (χ3n) is 5.35. The van der Waals surface area contributed by atoms with Crippen LogP contribution < -0.4 is 5.32 Å². The van der Waals surface area contributed by atoms with Gasteiger partial charge < -0.3 is 5.32 Å². The molecule has 2 nitrogen and oxygen atoms in total. The van der Waals surface area contributed by atoms with E-state index in [9.17, 15) is 0 Å². The predicted octanol–water partition coefficient (Wildman–Crippen LogP) is 3.52. The van der Waals surface area contributed by atoms with Crippen molar-refractivity contribution in [2.75, 3.05) is 26.2 Å². The van der Waals surface area contributed by atoms with E-state index in [-0.39, 0.29) is 0 Å². The summed E-state index contributed by atoms with van der Waals surface area (Å²) in [6.07, 6.45) is 7.13. The van der Waals surface area contributed by atoms with Gasteiger partial charge in [-0.05, 0) is 55.9 Å². The van der Waals surface area contributed by atoms with Crippen molar-refractivity contribution in [3.05, 3.63) is 0 Å². The van der Waals surface area contributed by atoms with Crippen LogP contribution in [0.3, 0.4) is 0 Å². The quantitative estimate of drug-likeness (QED) is 0.819. The van der Waals surface area contributed by atoms with E-state index >= 15 is 0 Å². The molecule has 1 aliphatic carbocycles. The molecular formula is C17H34N2. The van der Waals surface area contributed by atoms with E-state index in [1.54, 1.807) is 0 Å². The number of nitrogens with one attached hydrogen (secondary N) is 1. The van der Waals surface area contributed by atoms with Crippen LogP contribution in [0.2, 0.25) is 0 Å². The van der Waals surface area contributed by atoms with Crippen LogP contribution in [0.4, 0.5) is 0 Å². The Morgan fingerprint density at radius 2 is 1.68 bits per heavy atom. The Bertz CT molecular complexity index is 257. The maximum atomic E-state index is 3.42. The van der Waals surface area contributed by atoms with E-state index in [0.29, 0.717) is 5.41 Å². The summed E-state index contributed by atoms with van der Waals surface area (Å²) in [5.41, 5.74) is 0.520. The van der Waals surface area contributed by atoms with Gasteiger partial charge in [0, 0.05) is 25.7 Å². The molecule has 0 unspecified atom stereocenters. The van der Waals surface area contributed by atoms with Crippen LogP contribution in [0.1, 0.15) is 59.8 Å². The summed E-state index contributed by atoms with van der Waals surface area (Å²) < 4.78 is 0. The van der Waals surface area contributed by atoms with Crippen molar-refractivity contribution in [3.63, 3.8) is 0 Å². The second-order valence-corrected chi connectivity index (χ2v) is 7.89. The molecule has 1 heterocycles. The maximum Gasteiger partial charge on any atom is 0.0345 e. The van der Waals surface area contributed by atoms with Crippen LogP contribution in [0.15, 0.2) is 0 Å². The fourth-order valence-corrected chi connectivity index (χ4v) is 3.78. The topological polar surface area (TPSA) is 15.3 Å². The molecule has 2 fully saturated rings. The molecule has 0 aromatic heterocycles. The van der Waals surface area contributed by atoms with Gasteiger partial charge in [-0.25, -0.2) is 0 Å². The Labute approximate surface area is 120 Å². The molecule has 19 heavy (non-hydrogen) atoms. The second-order valence-electron chi connectivity index (χ2n) is 7.89. The first-order chi connectivity index (χ1) is 9.00. The molecule has 0 radical (unpaired) electrons. The molecule has 0 atom stereocenters. The molecule has 112 valence electrons. The number of hydrogen-bond acceptors (Lipinski definition) is 2. The summed E-state index contributed by atoms with van der Waals surface area (Å²) in [4.78, 5) is 2.76. The van der Waals surface area contributed by atoms with Gasteiger partial charge in [0.25, 0.3) is 0 Å². The SMILES string of the molecule is CCCN(CC1CCC(C(C)(C)C)CC1)C1CNC1. The summed E-state index contributed by atoms with van der Waals surface area (Å²) >= 11 is 0. The first-order valence-corrected chi connectivity index (χ1v) is 8.45. The average Bonchev–Trinajstić information content (AvgIpc) is 2.26. The minimum atomic E-state index is 0.520. The zero-order chi connectivity index (χ0) is 13.9. The Morgan fingerprint density at radius 1 is 1.05 bits per heavy atom. The van der Waals surface area contributed by atoms with Gasteiger partial charge >= 0.3 is 0 Å². The van der Waals surface area contributed by atoms with Gasteiger partial charge in [-0.2, -0.15) is 0 Å². The van der Waals surface area contributed by atoms with Gasteiger partial charge in [-0.1, -0.05) is 27.7 Å². The van der Waals surface area contributed by atoms with Crippen molar-refractivity contribution in [2.45, 2.75) is 65.8 Å². The molecule has 0 aromatic rings. The molecule has 0 amide bonds. The fraction of sp³-hybridized carbons (Fsp3) is 1.00. The third kappa shape index (κ3) is 4.19. The highest BCUT2D eigenvalue weighted by Crippen LogP contribution is 2.40. The van der Waals surface area contributed by atoms with Gasteiger partial charge in [0.15, 0.2) is 0 Å². The zero-order valence-corrected chi connectivity index (χ0v) is 13.5. The summed E-state index contributed by atoms with van der Waals surface area (Å²) in [6, 6.07) is 0.834. The Hall–Kier alpha value is -0.0800. The molecule has 2 aliphatic rings. The van der Waals surface area contributed by atoms with Gasteiger partial charge in [-0.15, -0.1) is 0 Å². The number of rotatable bonds is 5. The maximum absolute atomic E-state index is 3.42. The van der Waals surface area contributed by atoms with Gasteiger partial charge in [-0.3, -0.25) is 4.90 Å². The Kier molecular flexibility index (Phi) is 5.30. The smallest absolute Gasteiger partial charge is 0.0345 e. The lowest BCUT2D eigenvalue weighted by Crippen LogP contribution is -2.58. The van der Waals surface area contributed by atoms with E-state index in [1.807, 2.05) is 0 Å². The molecule has 1 aliphatic heterocycles. The second kappa shape index (κ2) is 6.58. The summed E-state index contributed by atoms with van der Waals surface area (Å²) in [6.45, 7) is 14.7. The molecule has 1 saturated carbocycles. The average molecular weight is 266 g/mol. The lowest BCUT2D eigenvalue weighted by atomic mass is 9.70. The summed E-state index contributed by atoms with van der Waals surface area (Å²) in [7, 11) is 0. The predicted molar refractivity (Wildman–Crippen MR) is 83.4 cm³/mol. The molecule has 1 saturated heterocycles. The third-order valence-corrected chi connectivity index (χ3v) is 5.35. The highest BCUT2D eigenvalue weighted by Gasteiger charge is 2.32. The monoisotopic (exact) mass is 266 g/mol. The van der Waals surface area contributed by atoms with Crippen LogP contribution >= 0.6 is 0 Å². The van der Waals surface area contributed by atoms with Crippen molar-refractivity contribution in [1.29, 1.82) is 0 Å². The Balaban J connectivity index is 1.77. The Morgan fingerprint density at radius 3 is 2.11 bits per heavy atom. The number of hydrogen-bond donors (Lipinski definition) is 1. The first kappa shape index (κ1) is 15.3. The number of nitrogens with zero attached hydrogens (tertiary/aromatic N) is 1. The van der Waals surface area contributed by atoms with Crippen molar-refractivity contribution in [2.24, 2.45) is 17.3 Å². The van der Waals surface area contributed by atoms with Crippen LogP contribution in [-0.4, -0.2) is 37.1 Å². The standard InChI is InChI=1S/C17H34N2/c1-5-10-19(16-11-18-12-16)13-14-6-8-15(9-7-14)17(2,3)4/h14-16,18H,5-13H2,1-4H3. The van der Waals surface area contributed by atoms with Crippen LogP contribution in [-0.2, 0) is 0 Å². The van der Waals surface area contributed by atoms with Crippen LogP contribution in [0.5, 0.6) is 0 Å². The van der Waals surface area contributed by atoms with Crippen molar-refractivity contribution < 1.29 is 0 Å². The molecule has 1 N–H and O–H groups in total. The molecular weight excluding hydrogens is 232 g/mol. The van der Waals surface area contributed by atoms with E-state index in [0.717, 1.165) is 17.9 Å². The summed E-state index contributed by atoms with van der Waals surface area (Å²) in [5.74, 6) is 1.92. The molecule has 2 heteroatoms.